The Morgan fingerprint density at radius 2 is 2.05 bits per heavy atom. The van der Waals surface area contributed by atoms with Gasteiger partial charge in [0, 0.05) is 27.7 Å². The van der Waals surface area contributed by atoms with Crippen LogP contribution in [0.25, 0.3) is 0 Å². The molecule has 0 saturated carbocycles. The maximum absolute atomic E-state index is 11.0. The first kappa shape index (κ1) is 15.5. The van der Waals surface area contributed by atoms with Gasteiger partial charge in [-0.3, -0.25) is 0 Å². The lowest BCUT2D eigenvalue weighted by Gasteiger charge is -2.12. The molecule has 0 saturated heterocycles. The summed E-state index contributed by atoms with van der Waals surface area (Å²) >= 11 is 12.0. The molecule has 0 unspecified atom stereocenters. The molecule has 0 aliphatic heterocycles. The average molecular weight is 327 g/mol. The Kier molecular flexibility index (Phi) is 4.65. The number of aromatic carboxylic acids is 1. The Morgan fingerprint density at radius 1 is 1.33 bits per heavy atom. The van der Waals surface area contributed by atoms with Gasteiger partial charge in [0.25, 0.3) is 0 Å². The molecule has 0 bridgehead atoms. The maximum Gasteiger partial charge on any atom is 0.374 e. The highest BCUT2D eigenvalue weighted by molar-refractivity contribution is 6.35. The van der Waals surface area contributed by atoms with Gasteiger partial charge in [-0.1, -0.05) is 29.3 Å². The van der Waals surface area contributed by atoms with Crippen LogP contribution in [0.1, 0.15) is 27.4 Å². The summed E-state index contributed by atoms with van der Waals surface area (Å²) < 4.78 is 5.17. The van der Waals surface area contributed by atoms with Crippen LogP contribution < -0.4 is 4.74 Å². The van der Waals surface area contributed by atoms with Gasteiger partial charge in [0.2, 0.25) is 11.7 Å². The first-order valence-corrected chi connectivity index (χ1v) is 6.76. The Balaban J connectivity index is 2.46. The van der Waals surface area contributed by atoms with Crippen molar-refractivity contribution in [3.63, 3.8) is 0 Å². The van der Waals surface area contributed by atoms with E-state index in [0.717, 1.165) is 5.56 Å². The van der Waals surface area contributed by atoms with Gasteiger partial charge < -0.3 is 9.84 Å². The summed E-state index contributed by atoms with van der Waals surface area (Å²) in [6, 6.07) is 5.18. The van der Waals surface area contributed by atoms with Crippen molar-refractivity contribution in [2.45, 2.75) is 13.3 Å². The summed E-state index contributed by atoms with van der Waals surface area (Å²) in [5.41, 5.74) is 2.05. The number of rotatable bonds is 4. The van der Waals surface area contributed by atoms with Crippen molar-refractivity contribution in [3.05, 3.63) is 50.9 Å². The summed E-state index contributed by atoms with van der Waals surface area (Å²) in [6.07, 6.45) is 0.422. The van der Waals surface area contributed by atoms with Gasteiger partial charge in [-0.15, -0.1) is 0 Å². The molecule has 2 rings (SSSR count). The first-order chi connectivity index (χ1) is 9.92. The highest BCUT2D eigenvalue weighted by Gasteiger charge is 2.17. The predicted octanol–water partition coefficient (Wildman–Crippen LogP) is 3.39. The van der Waals surface area contributed by atoms with Gasteiger partial charge >= 0.3 is 5.97 Å². The van der Waals surface area contributed by atoms with Crippen LogP contribution >= 0.6 is 23.2 Å². The quantitative estimate of drug-likeness (QED) is 0.932. The summed E-state index contributed by atoms with van der Waals surface area (Å²) in [5, 5.41) is 10.0. The first-order valence-electron chi connectivity index (χ1n) is 6.01. The number of carboxylic acids is 1. The molecule has 1 aromatic heterocycles. The number of aromatic nitrogens is 2. The maximum atomic E-state index is 11.0. The monoisotopic (exact) mass is 326 g/mol. The minimum atomic E-state index is -1.20. The molecule has 0 fully saturated rings. The third kappa shape index (κ3) is 3.43. The second-order valence-corrected chi connectivity index (χ2v) is 5.18. The molecule has 7 heteroatoms. The average Bonchev–Trinajstić information content (AvgIpc) is 2.42. The molecule has 110 valence electrons. The van der Waals surface area contributed by atoms with Gasteiger partial charge in [-0.25, -0.2) is 9.78 Å². The molecule has 1 heterocycles. The molecular formula is C14H12Cl2N2O3. The number of carboxylic acid groups (broad SMARTS) is 1. The van der Waals surface area contributed by atoms with Crippen molar-refractivity contribution >= 4 is 29.2 Å². The summed E-state index contributed by atoms with van der Waals surface area (Å²) in [4.78, 5) is 18.8. The summed E-state index contributed by atoms with van der Waals surface area (Å²) in [5.74, 6) is -1.27. The van der Waals surface area contributed by atoms with Crippen LogP contribution in [0.3, 0.4) is 0 Å². The van der Waals surface area contributed by atoms with Crippen molar-refractivity contribution < 1.29 is 14.6 Å². The number of carbonyl (C=O) groups is 1. The van der Waals surface area contributed by atoms with Crippen LogP contribution in [0, 0.1) is 6.92 Å². The van der Waals surface area contributed by atoms with Crippen molar-refractivity contribution in [2.75, 3.05) is 7.11 Å². The third-order valence-electron chi connectivity index (χ3n) is 2.94. The van der Waals surface area contributed by atoms with E-state index in [1.165, 1.54) is 7.11 Å². The number of methoxy groups -OCH3 is 1. The number of halogens is 2. The lowest BCUT2D eigenvalue weighted by molar-refractivity contribution is 0.0682. The van der Waals surface area contributed by atoms with E-state index in [2.05, 4.69) is 9.97 Å². The predicted molar refractivity (Wildman–Crippen MR) is 79.5 cm³/mol. The molecule has 1 N–H and O–H groups in total. The van der Waals surface area contributed by atoms with Crippen molar-refractivity contribution in [3.8, 4) is 5.88 Å². The van der Waals surface area contributed by atoms with Crippen LogP contribution in [0.5, 0.6) is 5.88 Å². The van der Waals surface area contributed by atoms with Gasteiger partial charge in [0.15, 0.2) is 0 Å². The summed E-state index contributed by atoms with van der Waals surface area (Å²) in [6.45, 7) is 1.70. The fourth-order valence-electron chi connectivity index (χ4n) is 1.89. The van der Waals surface area contributed by atoms with Crippen LogP contribution in [-0.2, 0) is 6.42 Å². The van der Waals surface area contributed by atoms with Crippen LogP contribution in [0.2, 0.25) is 10.0 Å². The molecular weight excluding hydrogens is 315 g/mol. The molecule has 2 aromatic rings. The highest BCUT2D eigenvalue weighted by atomic mass is 35.5. The normalized spacial score (nSPS) is 10.5. The molecule has 0 atom stereocenters. The Hall–Kier alpha value is -1.85. The zero-order valence-electron chi connectivity index (χ0n) is 11.4. The van der Waals surface area contributed by atoms with Gasteiger partial charge in [-0.2, -0.15) is 4.98 Å². The van der Waals surface area contributed by atoms with E-state index < -0.39 is 5.97 Å². The molecule has 0 aliphatic rings. The van der Waals surface area contributed by atoms with Gasteiger partial charge in [0.05, 0.1) is 7.11 Å². The second-order valence-electron chi connectivity index (χ2n) is 4.34. The molecule has 21 heavy (non-hydrogen) atoms. The highest BCUT2D eigenvalue weighted by Crippen LogP contribution is 2.27. The molecule has 0 amide bonds. The topological polar surface area (TPSA) is 72.3 Å². The van der Waals surface area contributed by atoms with E-state index in [1.54, 1.807) is 25.1 Å². The van der Waals surface area contributed by atoms with Crippen molar-refractivity contribution in [1.82, 2.24) is 9.97 Å². The summed E-state index contributed by atoms with van der Waals surface area (Å²) in [7, 11) is 1.43. The van der Waals surface area contributed by atoms with Crippen LogP contribution in [0.4, 0.5) is 0 Å². The second kappa shape index (κ2) is 6.28. The Morgan fingerprint density at radius 3 is 2.62 bits per heavy atom. The zero-order valence-corrected chi connectivity index (χ0v) is 12.9. The van der Waals surface area contributed by atoms with E-state index in [1.807, 2.05) is 0 Å². The van der Waals surface area contributed by atoms with Gasteiger partial charge in [-0.05, 0) is 24.6 Å². The van der Waals surface area contributed by atoms with E-state index in [9.17, 15) is 4.79 Å². The number of nitrogens with zero attached hydrogens (tertiary/aromatic N) is 2. The molecule has 1 aromatic carbocycles. The molecule has 0 aliphatic carbocycles. The fraction of sp³-hybridized carbons (Fsp3) is 0.214. The molecule has 0 radical (unpaired) electrons. The Bertz CT molecular complexity index is 705. The van der Waals surface area contributed by atoms with Crippen molar-refractivity contribution in [2.24, 2.45) is 0 Å². The SMILES string of the molecule is COc1nc(C(=O)O)nc(C)c1Cc1ccc(Cl)cc1Cl. The number of hydrogen-bond acceptors (Lipinski definition) is 4. The standard InChI is InChI=1S/C14H12Cl2N2O3/c1-7-10(5-8-3-4-9(15)6-11(8)16)13(21-2)18-12(17-7)14(19)20/h3-4,6H,5H2,1-2H3,(H,19,20). The van der Waals surface area contributed by atoms with E-state index >= 15 is 0 Å². The van der Waals surface area contributed by atoms with Crippen LogP contribution in [0.15, 0.2) is 18.2 Å². The van der Waals surface area contributed by atoms with E-state index in [4.69, 9.17) is 33.0 Å². The van der Waals surface area contributed by atoms with E-state index in [-0.39, 0.29) is 11.7 Å². The lowest BCUT2D eigenvalue weighted by Crippen LogP contribution is -2.10. The number of hydrogen-bond donors (Lipinski definition) is 1. The number of ether oxygens (including phenoxy) is 1. The molecule has 0 spiro atoms. The minimum Gasteiger partial charge on any atom is -0.481 e. The smallest absolute Gasteiger partial charge is 0.374 e. The third-order valence-corrected chi connectivity index (χ3v) is 3.53. The fourth-order valence-corrected chi connectivity index (χ4v) is 2.37. The van der Waals surface area contributed by atoms with Crippen molar-refractivity contribution in [1.29, 1.82) is 0 Å². The zero-order chi connectivity index (χ0) is 15.6. The van der Waals surface area contributed by atoms with Gasteiger partial charge in [0.1, 0.15) is 0 Å². The minimum absolute atomic E-state index is 0.228. The lowest BCUT2D eigenvalue weighted by atomic mass is 10.0. The molecule has 5 nitrogen and oxygen atoms in total. The Labute approximate surface area is 131 Å². The largest absolute Gasteiger partial charge is 0.481 e. The van der Waals surface area contributed by atoms with Crippen LogP contribution in [-0.4, -0.2) is 28.2 Å². The number of benzene rings is 1. The van der Waals surface area contributed by atoms with E-state index in [0.29, 0.717) is 27.7 Å². The number of aryl methyl sites for hydroxylation is 1.